The van der Waals surface area contributed by atoms with Crippen LogP contribution in [0.4, 0.5) is 0 Å². The highest BCUT2D eigenvalue weighted by Crippen LogP contribution is 2.29. The average molecular weight is 304 g/mol. The summed E-state index contributed by atoms with van der Waals surface area (Å²) in [6, 6.07) is 0. The third-order valence-corrected chi connectivity index (χ3v) is 4.39. The van der Waals surface area contributed by atoms with Crippen LogP contribution >= 0.6 is 38.9 Å². The van der Waals surface area contributed by atoms with Gasteiger partial charge in [-0.2, -0.15) is 11.3 Å². The Kier molecular flexibility index (Phi) is 3.09. The van der Waals surface area contributed by atoms with E-state index in [4.69, 9.17) is 11.6 Å². The van der Waals surface area contributed by atoms with E-state index in [2.05, 4.69) is 31.3 Å². The molecule has 0 saturated carbocycles. The van der Waals surface area contributed by atoms with Crippen LogP contribution in [0.1, 0.15) is 11.3 Å². The molecule has 0 aliphatic heterocycles. The summed E-state index contributed by atoms with van der Waals surface area (Å²) in [5.41, 5.74) is 3.09. The van der Waals surface area contributed by atoms with Gasteiger partial charge in [0.05, 0.1) is 10.2 Å². The Morgan fingerprint density at radius 2 is 2.00 bits per heavy atom. The van der Waals surface area contributed by atoms with Crippen LogP contribution in [-0.2, 0) is 0 Å². The Morgan fingerprint density at radius 3 is 2.53 bits per heavy atom. The molecule has 5 heteroatoms. The van der Waals surface area contributed by atoms with Crippen molar-refractivity contribution in [3.05, 3.63) is 31.6 Å². The van der Waals surface area contributed by atoms with Crippen LogP contribution < -0.4 is 0 Å². The number of rotatable bonds is 1. The summed E-state index contributed by atoms with van der Waals surface area (Å²) in [6.45, 7) is 3.95. The molecule has 0 atom stereocenters. The van der Waals surface area contributed by atoms with Crippen molar-refractivity contribution in [2.45, 2.75) is 13.8 Å². The predicted molar refractivity (Wildman–Crippen MR) is 67.5 cm³/mol. The number of thiophene rings is 1. The van der Waals surface area contributed by atoms with Crippen LogP contribution in [-0.4, -0.2) is 9.97 Å². The third kappa shape index (κ3) is 2.07. The molecule has 0 aromatic carbocycles. The molecule has 0 bridgehead atoms. The molecular formula is C10H8BrClN2S. The largest absolute Gasteiger partial charge is 0.232 e. The van der Waals surface area contributed by atoms with E-state index in [9.17, 15) is 0 Å². The summed E-state index contributed by atoms with van der Waals surface area (Å²) in [5.74, 6) is 0.694. The first-order valence-corrected chi connectivity index (χ1v) is 6.43. The Hall–Kier alpha value is -0.450. The molecule has 2 aromatic rings. The van der Waals surface area contributed by atoms with Gasteiger partial charge < -0.3 is 0 Å². The molecule has 0 amide bonds. The summed E-state index contributed by atoms with van der Waals surface area (Å²) in [5, 5.41) is 4.57. The molecule has 0 aliphatic carbocycles. The summed E-state index contributed by atoms with van der Waals surface area (Å²) in [6.07, 6.45) is 0. The lowest BCUT2D eigenvalue weighted by molar-refractivity contribution is 1.09. The van der Waals surface area contributed by atoms with Crippen LogP contribution in [0.3, 0.4) is 0 Å². The van der Waals surface area contributed by atoms with Crippen LogP contribution in [0.25, 0.3) is 11.4 Å². The van der Waals surface area contributed by atoms with Crippen molar-refractivity contribution < 1.29 is 0 Å². The molecule has 0 radical (unpaired) electrons. The number of hydrogen-bond donors (Lipinski definition) is 0. The number of halogens is 2. The molecule has 0 aliphatic rings. The molecule has 0 fully saturated rings. The van der Waals surface area contributed by atoms with Gasteiger partial charge in [-0.15, -0.1) is 0 Å². The first kappa shape index (κ1) is 11.0. The Morgan fingerprint density at radius 1 is 1.27 bits per heavy atom. The van der Waals surface area contributed by atoms with Gasteiger partial charge in [0.1, 0.15) is 5.15 Å². The predicted octanol–water partition coefficient (Wildman–Crippen LogP) is 4.24. The van der Waals surface area contributed by atoms with Gasteiger partial charge in [-0.25, -0.2) is 9.97 Å². The van der Waals surface area contributed by atoms with E-state index in [1.54, 1.807) is 11.3 Å². The molecule has 0 unspecified atom stereocenters. The van der Waals surface area contributed by atoms with Gasteiger partial charge in [0, 0.05) is 10.9 Å². The molecule has 2 nitrogen and oxygen atoms in total. The van der Waals surface area contributed by atoms with Crippen LogP contribution in [0.15, 0.2) is 15.2 Å². The minimum Gasteiger partial charge on any atom is -0.232 e. The minimum absolute atomic E-state index is 0.461. The van der Waals surface area contributed by atoms with E-state index in [0.29, 0.717) is 11.0 Å². The highest BCUT2D eigenvalue weighted by atomic mass is 79.9. The molecule has 0 saturated heterocycles. The SMILES string of the molecule is Cc1cscc1-c1nc(C)c(Br)c(Cl)n1. The minimum atomic E-state index is 0.461. The third-order valence-electron chi connectivity index (χ3n) is 2.07. The van der Waals surface area contributed by atoms with Crippen LogP contribution in [0.2, 0.25) is 5.15 Å². The van der Waals surface area contributed by atoms with Gasteiger partial charge in [-0.1, -0.05) is 11.6 Å². The lowest BCUT2D eigenvalue weighted by Gasteiger charge is -2.04. The lowest BCUT2D eigenvalue weighted by atomic mass is 10.2. The summed E-state index contributed by atoms with van der Waals surface area (Å²) in [4.78, 5) is 8.65. The zero-order chi connectivity index (χ0) is 11.0. The molecule has 15 heavy (non-hydrogen) atoms. The maximum Gasteiger partial charge on any atom is 0.162 e. The highest BCUT2D eigenvalue weighted by Gasteiger charge is 2.11. The molecule has 0 N–H and O–H groups in total. The summed E-state index contributed by atoms with van der Waals surface area (Å²) < 4.78 is 0.765. The quantitative estimate of drug-likeness (QED) is 0.737. The topological polar surface area (TPSA) is 25.8 Å². The monoisotopic (exact) mass is 302 g/mol. The van der Waals surface area contributed by atoms with Crippen molar-refractivity contribution in [3.63, 3.8) is 0 Å². The van der Waals surface area contributed by atoms with Gasteiger partial charge in [0.25, 0.3) is 0 Å². The van der Waals surface area contributed by atoms with Gasteiger partial charge >= 0.3 is 0 Å². The van der Waals surface area contributed by atoms with Crippen molar-refractivity contribution in [2.75, 3.05) is 0 Å². The van der Waals surface area contributed by atoms with Gasteiger partial charge in [0.2, 0.25) is 0 Å². The second kappa shape index (κ2) is 4.20. The molecule has 2 aromatic heterocycles. The van der Waals surface area contributed by atoms with E-state index >= 15 is 0 Å². The molecule has 2 heterocycles. The fourth-order valence-corrected chi connectivity index (χ4v) is 2.45. The Labute approximate surface area is 105 Å². The fraction of sp³-hybridized carbons (Fsp3) is 0.200. The van der Waals surface area contributed by atoms with Gasteiger partial charge in [-0.05, 0) is 40.7 Å². The van der Waals surface area contributed by atoms with E-state index in [-0.39, 0.29) is 0 Å². The first-order chi connectivity index (χ1) is 7.09. The maximum atomic E-state index is 5.99. The van der Waals surface area contributed by atoms with Gasteiger partial charge in [-0.3, -0.25) is 0 Å². The van der Waals surface area contributed by atoms with E-state index < -0.39 is 0 Å². The maximum absolute atomic E-state index is 5.99. The van der Waals surface area contributed by atoms with Gasteiger partial charge in [0.15, 0.2) is 5.82 Å². The first-order valence-electron chi connectivity index (χ1n) is 4.32. The van der Waals surface area contributed by atoms with Crippen LogP contribution in [0, 0.1) is 13.8 Å². The second-order valence-electron chi connectivity index (χ2n) is 3.21. The zero-order valence-corrected chi connectivity index (χ0v) is 11.4. The molecular weight excluding hydrogens is 296 g/mol. The van der Waals surface area contributed by atoms with E-state index in [1.807, 2.05) is 19.2 Å². The molecule has 0 spiro atoms. The standard InChI is InChI=1S/C10H8BrClN2S/c1-5-3-15-4-7(5)10-13-6(2)8(11)9(12)14-10/h3-4H,1-2H3. The van der Waals surface area contributed by atoms with Crippen molar-refractivity contribution >= 4 is 38.9 Å². The molecule has 2 rings (SSSR count). The number of nitrogens with zero attached hydrogens (tertiary/aromatic N) is 2. The smallest absolute Gasteiger partial charge is 0.162 e. The number of hydrogen-bond acceptors (Lipinski definition) is 3. The zero-order valence-electron chi connectivity index (χ0n) is 8.21. The fourth-order valence-electron chi connectivity index (χ4n) is 1.23. The van der Waals surface area contributed by atoms with E-state index in [1.165, 1.54) is 5.56 Å². The molecule has 78 valence electrons. The van der Waals surface area contributed by atoms with Crippen molar-refractivity contribution in [1.29, 1.82) is 0 Å². The summed E-state index contributed by atoms with van der Waals surface area (Å²) in [7, 11) is 0. The number of aryl methyl sites for hydroxylation is 2. The Balaban J connectivity index is 2.60. The normalized spacial score (nSPS) is 10.7. The van der Waals surface area contributed by atoms with Crippen molar-refractivity contribution in [3.8, 4) is 11.4 Å². The second-order valence-corrected chi connectivity index (χ2v) is 5.10. The lowest BCUT2D eigenvalue weighted by Crippen LogP contribution is -1.94. The highest BCUT2D eigenvalue weighted by molar-refractivity contribution is 9.10. The number of aromatic nitrogens is 2. The summed E-state index contributed by atoms with van der Waals surface area (Å²) >= 11 is 11.0. The average Bonchev–Trinajstić information content (AvgIpc) is 2.60. The van der Waals surface area contributed by atoms with E-state index in [0.717, 1.165) is 15.7 Å². The van der Waals surface area contributed by atoms with Crippen LogP contribution in [0.5, 0.6) is 0 Å². The Bertz CT molecular complexity index is 487. The van der Waals surface area contributed by atoms with Crippen molar-refractivity contribution in [1.82, 2.24) is 9.97 Å². The van der Waals surface area contributed by atoms with Crippen molar-refractivity contribution in [2.24, 2.45) is 0 Å².